The van der Waals surface area contributed by atoms with E-state index in [1.165, 1.54) is 30.1 Å². The van der Waals surface area contributed by atoms with Crippen LogP contribution in [0.5, 0.6) is 5.75 Å². The summed E-state index contributed by atoms with van der Waals surface area (Å²) in [6, 6.07) is 12.5. The van der Waals surface area contributed by atoms with Gasteiger partial charge in [-0.25, -0.2) is 0 Å². The fraction of sp³-hybridized carbons (Fsp3) is 0.222. The van der Waals surface area contributed by atoms with Crippen LogP contribution in [-0.2, 0) is 4.79 Å². The highest BCUT2D eigenvalue weighted by atomic mass is 19.4. The van der Waals surface area contributed by atoms with Gasteiger partial charge in [0.15, 0.2) is 5.96 Å². The van der Waals surface area contributed by atoms with Crippen molar-refractivity contribution in [3.63, 3.8) is 0 Å². The van der Waals surface area contributed by atoms with E-state index >= 15 is 0 Å². The Balaban J connectivity index is 1.87. The van der Waals surface area contributed by atoms with E-state index in [1.807, 2.05) is 6.07 Å². The number of benzene rings is 2. The third-order valence-electron chi connectivity index (χ3n) is 4.09. The number of alkyl halides is 3. The molecule has 0 spiro atoms. The van der Waals surface area contributed by atoms with Crippen molar-refractivity contribution in [1.29, 1.82) is 5.41 Å². The lowest BCUT2D eigenvalue weighted by atomic mass is 9.96. The van der Waals surface area contributed by atoms with Crippen LogP contribution >= 0.6 is 0 Å². The Morgan fingerprint density at radius 3 is 2.46 bits per heavy atom. The first-order valence-electron chi connectivity index (χ1n) is 7.81. The second kappa shape index (κ2) is 6.70. The Morgan fingerprint density at radius 1 is 1.15 bits per heavy atom. The lowest BCUT2D eigenvalue weighted by Crippen LogP contribution is -2.49. The molecule has 8 heteroatoms. The largest absolute Gasteiger partial charge is 0.573 e. The molecule has 5 nitrogen and oxygen atoms in total. The number of carbonyl (C=O) groups excluding carboxylic acids is 1. The third kappa shape index (κ3) is 3.96. The van der Waals surface area contributed by atoms with Crippen molar-refractivity contribution in [3.8, 4) is 16.9 Å². The van der Waals surface area contributed by atoms with Crippen LogP contribution < -0.4 is 10.1 Å². The first-order chi connectivity index (χ1) is 12.2. The van der Waals surface area contributed by atoms with Crippen LogP contribution in [0.1, 0.15) is 18.0 Å². The van der Waals surface area contributed by atoms with Gasteiger partial charge in [-0.05, 0) is 34.9 Å². The second-order valence-electron chi connectivity index (χ2n) is 5.90. The van der Waals surface area contributed by atoms with E-state index in [-0.39, 0.29) is 30.1 Å². The van der Waals surface area contributed by atoms with Gasteiger partial charge in [0, 0.05) is 7.05 Å². The van der Waals surface area contributed by atoms with Crippen molar-refractivity contribution in [2.24, 2.45) is 0 Å². The molecule has 1 saturated heterocycles. The number of rotatable bonds is 3. The lowest BCUT2D eigenvalue weighted by Gasteiger charge is -2.31. The molecule has 1 amide bonds. The van der Waals surface area contributed by atoms with Gasteiger partial charge in [0.2, 0.25) is 5.91 Å². The van der Waals surface area contributed by atoms with Crippen molar-refractivity contribution < 1.29 is 22.7 Å². The average Bonchev–Trinajstić information content (AvgIpc) is 2.58. The molecule has 0 aliphatic carbocycles. The zero-order valence-electron chi connectivity index (χ0n) is 13.8. The molecule has 1 atom stereocenters. The molecule has 2 aromatic rings. The van der Waals surface area contributed by atoms with Crippen LogP contribution in [0.3, 0.4) is 0 Å². The minimum absolute atomic E-state index is 0.0113. The molecule has 3 rings (SSSR count). The maximum atomic E-state index is 12.4. The minimum atomic E-state index is -4.75. The first-order valence-corrected chi connectivity index (χ1v) is 7.81. The summed E-state index contributed by atoms with van der Waals surface area (Å²) in [6.07, 6.45) is -4.56. The molecular weight excluding hydrogens is 347 g/mol. The van der Waals surface area contributed by atoms with Crippen molar-refractivity contribution in [3.05, 3.63) is 54.1 Å². The van der Waals surface area contributed by atoms with Crippen LogP contribution in [0.4, 0.5) is 13.2 Å². The van der Waals surface area contributed by atoms with E-state index in [0.717, 1.165) is 5.56 Å². The maximum Gasteiger partial charge on any atom is 0.573 e. The Kier molecular flexibility index (Phi) is 4.58. The Bertz CT molecular complexity index is 834. The van der Waals surface area contributed by atoms with Crippen molar-refractivity contribution in [1.82, 2.24) is 10.2 Å². The van der Waals surface area contributed by atoms with Gasteiger partial charge in [-0.15, -0.1) is 13.2 Å². The smallest absolute Gasteiger partial charge is 0.406 e. The van der Waals surface area contributed by atoms with Gasteiger partial charge in [-0.1, -0.05) is 30.3 Å². The van der Waals surface area contributed by atoms with E-state index in [0.29, 0.717) is 11.1 Å². The second-order valence-corrected chi connectivity index (χ2v) is 5.90. The maximum absolute atomic E-state index is 12.4. The zero-order chi connectivity index (χ0) is 18.9. The molecule has 136 valence electrons. The number of hydrogen-bond acceptors (Lipinski definition) is 3. The number of ether oxygens (including phenoxy) is 1. The summed E-state index contributed by atoms with van der Waals surface area (Å²) in [5.41, 5.74) is 2.02. The minimum Gasteiger partial charge on any atom is -0.406 e. The van der Waals surface area contributed by atoms with Gasteiger partial charge >= 0.3 is 6.36 Å². The van der Waals surface area contributed by atoms with Gasteiger partial charge in [0.05, 0.1) is 12.5 Å². The van der Waals surface area contributed by atoms with Gasteiger partial charge < -0.3 is 10.1 Å². The summed E-state index contributed by atoms with van der Waals surface area (Å²) in [7, 11) is 1.52. The topological polar surface area (TPSA) is 65.4 Å². The number of halogens is 3. The van der Waals surface area contributed by atoms with Crippen LogP contribution in [0, 0.1) is 5.41 Å². The number of amides is 1. The lowest BCUT2D eigenvalue weighted by molar-refractivity contribution is -0.274. The van der Waals surface area contributed by atoms with Crippen molar-refractivity contribution >= 4 is 11.9 Å². The molecule has 26 heavy (non-hydrogen) atoms. The Labute approximate surface area is 147 Å². The van der Waals surface area contributed by atoms with Crippen molar-refractivity contribution in [2.75, 3.05) is 7.05 Å². The molecule has 0 aromatic heterocycles. The summed E-state index contributed by atoms with van der Waals surface area (Å²) >= 11 is 0. The molecule has 0 saturated carbocycles. The molecule has 1 aliphatic rings. The number of nitrogens with zero attached hydrogens (tertiary/aromatic N) is 1. The van der Waals surface area contributed by atoms with Gasteiger partial charge in [0.1, 0.15) is 5.75 Å². The summed E-state index contributed by atoms with van der Waals surface area (Å²) in [5, 5.41) is 10.8. The zero-order valence-corrected chi connectivity index (χ0v) is 13.8. The SMILES string of the molecule is CN1C(=N)N[C@H](c2cccc(-c3cccc(OC(F)(F)F)c3)c2)CC1=O. The molecule has 0 radical (unpaired) electrons. The summed E-state index contributed by atoms with van der Waals surface area (Å²) in [4.78, 5) is 13.2. The molecule has 0 unspecified atom stereocenters. The molecular formula is C18H16F3N3O2. The quantitative estimate of drug-likeness (QED) is 0.874. The van der Waals surface area contributed by atoms with E-state index < -0.39 is 6.36 Å². The van der Waals surface area contributed by atoms with Gasteiger partial charge in [-0.3, -0.25) is 15.1 Å². The van der Waals surface area contributed by atoms with E-state index in [9.17, 15) is 18.0 Å². The third-order valence-corrected chi connectivity index (χ3v) is 4.09. The molecule has 2 N–H and O–H groups in total. The fourth-order valence-electron chi connectivity index (χ4n) is 2.76. The highest BCUT2D eigenvalue weighted by Gasteiger charge is 2.31. The monoisotopic (exact) mass is 363 g/mol. The molecule has 1 fully saturated rings. The summed E-state index contributed by atoms with van der Waals surface area (Å²) < 4.78 is 41.2. The summed E-state index contributed by atoms with van der Waals surface area (Å²) in [6.45, 7) is 0. The fourth-order valence-corrected chi connectivity index (χ4v) is 2.76. The van der Waals surface area contributed by atoms with Crippen LogP contribution in [0.25, 0.3) is 11.1 Å². The van der Waals surface area contributed by atoms with Crippen LogP contribution in [-0.4, -0.2) is 30.2 Å². The normalized spacial score (nSPS) is 17.8. The van der Waals surface area contributed by atoms with E-state index in [4.69, 9.17) is 5.41 Å². The Morgan fingerprint density at radius 2 is 1.81 bits per heavy atom. The molecule has 0 bridgehead atoms. The number of guanidine groups is 1. The van der Waals surface area contributed by atoms with Gasteiger partial charge in [0.25, 0.3) is 0 Å². The molecule has 2 aromatic carbocycles. The summed E-state index contributed by atoms with van der Waals surface area (Å²) in [5.74, 6) is -0.461. The van der Waals surface area contributed by atoms with Gasteiger partial charge in [-0.2, -0.15) is 0 Å². The molecule has 1 heterocycles. The Hall–Kier alpha value is -3.03. The van der Waals surface area contributed by atoms with Crippen molar-refractivity contribution in [2.45, 2.75) is 18.8 Å². The highest BCUT2D eigenvalue weighted by Crippen LogP contribution is 2.30. The van der Waals surface area contributed by atoms with Crippen LogP contribution in [0.2, 0.25) is 0 Å². The number of carbonyl (C=O) groups is 1. The predicted molar refractivity (Wildman–Crippen MR) is 89.6 cm³/mol. The standard InChI is InChI=1S/C18H16F3N3O2/c1-24-16(25)10-15(23-17(24)22)13-6-2-4-11(8-13)12-5-3-7-14(9-12)26-18(19,20)21/h2-9,15H,10H2,1H3,(H2,22,23)/t15-/m0/s1. The number of hydrogen-bond donors (Lipinski definition) is 2. The predicted octanol–water partition coefficient (Wildman–Crippen LogP) is 3.68. The molecule has 1 aliphatic heterocycles. The number of nitrogens with one attached hydrogen (secondary N) is 2. The van der Waals surface area contributed by atoms with E-state index in [2.05, 4.69) is 10.1 Å². The average molecular weight is 363 g/mol. The van der Waals surface area contributed by atoms with E-state index in [1.54, 1.807) is 24.3 Å². The van der Waals surface area contributed by atoms with Crippen LogP contribution in [0.15, 0.2) is 48.5 Å². The first kappa shape index (κ1) is 17.8. The highest BCUT2D eigenvalue weighted by molar-refractivity contribution is 5.98.